The highest BCUT2D eigenvalue weighted by Gasteiger charge is 2.34. The summed E-state index contributed by atoms with van der Waals surface area (Å²) in [4.78, 5) is 14.5. The predicted octanol–water partition coefficient (Wildman–Crippen LogP) is 3.34. The number of hydrogen-bond donors (Lipinski definition) is 2. The first-order valence-electron chi connectivity index (χ1n) is 11.8. The zero-order chi connectivity index (χ0) is 24.4. The van der Waals surface area contributed by atoms with Crippen molar-refractivity contribution in [2.75, 3.05) is 39.5 Å². The van der Waals surface area contributed by atoms with E-state index < -0.39 is 17.2 Å². The van der Waals surface area contributed by atoms with E-state index in [9.17, 15) is 18.7 Å². The number of fused-ring (bicyclic) bond motifs is 1. The predicted molar refractivity (Wildman–Crippen MR) is 124 cm³/mol. The van der Waals surface area contributed by atoms with Gasteiger partial charge in [0.05, 0.1) is 31.5 Å². The van der Waals surface area contributed by atoms with Gasteiger partial charge in [-0.2, -0.15) is 0 Å². The van der Waals surface area contributed by atoms with Crippen molar-refractivity contribution in [2.24, 2.45) is 0 Å². The number of likely N-dealkylation sites (tertiary alicyclic amines) is 1. The number of halogens is 2. The number of piperidine rings is 1. The summed E-state index contributed by atoms with van der Waals surface area (Å²) in [6.45, 7) is 2.98. The quantitative estimate of drug-likeness (QED) is 0.556. The molecule has 0 radical (unpaired) electrons. The molecule has 2 aromatic carbocycles. The number of rotatable bonds is 6. The molecular formula is C26H28F2N2O5. The first-order valence-corrected chi connectivity index (χ1v) is 11.8. The van der Waals surface area contributed by atoms with Gasteiger partial charge in [-0.15, -0.1) is 0 Å². The molecule has 1 atom stereocenters. The summed E-state index contributed by atoms with van der Waals surface area (Å²) >= 11 is 0. The fraction of sp³-hybridized carbons (Fsp3) is 0.423. The molecule has 0 bridgehead atoms. The van der Waals surface area contributed by atoms with Crippen LogP contribution in [0.2, 0.25) is 0 Å². The minimum atomic E-state index is -1.07. The number of carbonyl (C=O) groups excluding carboxylic acids is 1. The van der Waals surface area contributed by atoms with E-state index in [-0.39, 0.29) is 29.9 Å². The van der Waals surface area contributed by atoms with Crippen LogP contribution in [0.25, 0.3) is 11.0 Å². The zero-order valence-corrected chi connectivity index (χ0v) is 19.3. The van der Waals surface area contributed by atoms with E-state index >= 15 is 0 Å². The Bertz CT molecular complexity index is 1180. The third-order valence-corrected chi connectivity index (χ3v) is 6.78. The molecule has 5 rings (SSSR count). The number of benzene rings is 2. The molecule has 2 saturated heterocycles. The monoisotopic (exact) mass is 486 g/mol. The number of amides is 1. The van der Waals surface area contributed by atoms with Gasteiger partial charge in [0.25, 0.3) is 5.91 Å². The highest BCUT2D eigenvalue weighted by atomic mass is 19.1. The first-order chi connectivity index (χ1) is 16.9. The summed E-state index contributed by atoms with van der Waals surface area (Å²) in [7, 11) is 0. The fourth-order valence-corrected chi connectivity index (χ4v) is 4.67. The highest BCUT2D eigenvalue weighted by Crippen LogP contribution is 2.35. The lowest BCUT2D eigenvalue weighted by atomic mass is 9.84. The second kappa shape index (κ2) is 10.0. The summed E-state index contributed by atoms with van der Waals surface area (Å²) in [5, 5.41) is 14.8. The maximum absolute atomic E-state index is 14.0. The molecule has 2 aliphatic heterocycles. The van der Waals surface area contributed by atoms with Crippen LogP contribution in [-0.4, -0.2) is 61.5 Å². The molecule has 3 aromatic rings. The third kappa shape index (κ3) is 5.23. The van der Waals surface area contributed by atoms with Crippen LogP contribution in [0.4, 0.5) is 8.78 Å². The Morgan fingerprint density at radius 3 is 2.60 bits per heavy atom. The molecule has 3 heterocycles. The average Bonchev–Trinajstić information content (AvgIpc) is 3.30. The normalized spacial score (nSPS) is 20.7. The summed E-state index contributed by atoms with van der Waals surface area (Å²) in [6, 6.07) is 10.9. The Morgan fingerprint density at radius 1 is 1.11 bits per heavy atom. The second-order valence-corrected chi connectivity index (χ2v) is 9.15. The van der Waals surface area contributed by atoms with Gasteiger partial charge in [0.1, 0.15) is 17.2 Å². The third-order valence-electron chi connectivity index (χ3n) is 6.78. The second-order valence-electron chi connectivity index (χ2n) is 9.15. The van der Waals surface area contributed by atoms with E-state index in [1.54, 1.807) is 18.2 Å². The Morgan fingerprint density at radius 2 is 1.89 bits per heavy atom. The lowest BCUT2D eigenvalue weighted by molar-refractivity contribution is -0.0856. The molecule has 1 unspecified atom stereocenters. The Balaban J connectivity index is 1.23. The van der Waals surface area contributed by atoms with Crippen LogP contribution in [0.5, 0.6) is 0 Å². The van der Waals surface area contributed by atoms with Crippen LogP contribution in [0.1, 0.15) is 34.5 Å². The molecule has 2 N–H and O–H groups in total. The molecule has 9 heteroatoms. The van der Waals surface area contributed by atoms with E-state index in [4.69, 9.17) is 13.9 Å². The van der Waals surface area contributed by atoms with Gasteiger partial charge in [0, 0.05) is 37.1 Å². The first kappa shape index (κ1) is 23.9. The maximum Gasteiger partial charge on any atom is 0.287 e. The fourth-order valence-electron chi connectivity index (χ4n) is 4.67. The average molecular weight is 487 g/mol. The van der Waals surface area contributed by atoms with E-state index in [1.165, 1.54) is 18.2 Å². The summed E-state index contributed by atoms with van der Waals surface area (Å²) in [5.41, 5.74) is 0.247. The highest BCUT2D eigenvalue weighted by molar-refractivity contribution is 5.96. The van der Waals surface area contributed by atoms with Gasteiger partial charge in [-0.3, -0.25) is 9.69 Å². The molecule has 7 nitrogen and oxygen atoms in total. The van der Waals surface area contributed by atoms with Crippen LogP contribution >= 0.6 is 0 Å². The smallest absolute Gasteiger partial charge is 0.287 e. The molecule has 2 aliphatic rings. The number of ether oxygens (including phenoxy) is 2. The minimum absolute atomic E-state index is 0.0473. The van der Waals surface area contributed by atoms with Gasteiger partial charge in [-0.05, 0) is 48.7 Å². The van der Waals surface area contributed by atoms with Crippen molar-refractivity contribution >= 4 is 16.9 Å². The molecule has 1 aromatic heterocycles. The number of aliphatic hydroxyl groups is 1. The topological polar surface area (TPSA) is 84.2 Å². The Labute approximate surface area is 201 Å². The Kier molecular flexibility index (Phi) is 6.84. The molecular weight excluding hydrogens is 458 g/mol. The van der Waals surface area contributed by atoms with E-state index in [2.05, 4.69) is 5.32 Å². The number of furan rings is 1. The minimum Gasteiger partial charge on any atom is -0.451 e. The van der Waals surface area contributed by atoms with Gasteiger partial charge in [0.15, 0.2) is 5.76 Å². The summed E-state index contributed by atoms with van der Waals surface area (Å²) in [6.07, 6.45) is 0.658. The SMILES string of the molecule is O=C(NCC1COCCO1)c1cc2cc(C3(O)CCN(Cc4c(F)cccc4F)CC3)ccc2o1. The van der Waals surface area contributed by atoms with Crippen molar-refractivity contribution in [3.05, 3.63) is 71.0 Å². The van der Waals surface area contributed by atoms with Gasteiger partial charge >= 0.3 is 0 Å². The van der Waals surface area contributed by atoms with Gasteiger partial charge in [-0.25, -0.2) is 8.78 Å². The van der Waals surface area contributed by atoms with E-state index in [1.807, 2.05) is 11.0 Å². The molecule has 0 aliphatic carbocycles. The van der Waals surface area contributed by atoms with Gasteiger partial charge in [0.2, 0.25) is 0 Å². The van der Waals surface area contributed by atoms with Crippen LogP contribution in [0, 0.1) is 11.6 Å². The van der Waals surface area contributed by atoms with Crippen molar-refractivity contribution in [1.82, 2.24) is 10.2 Å². The lowest BCUT2D eigenvalue weighted by Crippen LogP contribution is -2.42. The number of hydrogen-bond acceptors (Lipinski definition) is 6. The molecule has 0 saturated carbocycles. The number of nitrogens with zero attached hydrogens (tertiary/aromatic N) is 1. The molecule has 186 valence electrons. The molecule has 35 heavy (non-hydrogen) atoms. The number of carbonyl (C=O) groups is 1. The largest absolute Gasteiger partial charge is 0.451 e. The summed E-state index contributed by atoms with van der Waals surface area (Å²) < 4.78 is 44.6. The lowest BCUT2D eigenvalue weighted by Gasteiger charge is -2.38. The standard InChI is InChI=1S/C26H28F2N2O5/c27-21-2-1-3-22(28)20(21)15-30-8-6-26(32,7-9-30)18-4-5-23-17(12-18)13-24(35-23)25(31)29-14-19-16-33-10-11-34-19/h1-5,12-13,19,32H,6-11,14-16H2,(H,29,31). The van der Waals surface area contributed by atoms with Crippen LogP contribution in [0.15, 0.2) is 46.9 Å². The van der Waals surface area contributed by atoms with Gasteiger partial charge in [-0.1, -0.05) is 12.1 Å². The van der Waals surface area contributed by atoms with Crippen LogP contribution in [0.3, 0.4) is 0 Å². The summed E-state index contributed by atoms with van der Waals surface area (Å²) in [5.74, 6) is -1.28. The molecule has 0 spiro atoms. The van der Waals surface area contributed by atoms with Crippen molar-refractivity contribution in [3.63, 3.8) is 0 Å². The van der Waals surface area contributed by atoms with Crippen molar-refractivity contribution < 1.29 is 32.6 Å². The van der Waals surface area contributed by atoms with Crippen LogP contribution in [-0.2, 0) is 21.6 Å². The maximum atomic E-state index is 14.0. The van der Waals surface area contributed by atoms with Crippen molar-refractivity contribution in [2.45, 2.75) is 31.1 Å². The molecule has 1 amide bonds. The van der Waals surface area contributed by atoms with Gasteiger partial charge < -0.3 is 24.3 Å². The van der Waals surface area contributed by atoms with Crippen molar-refractivity contribution in [1.29, 1.82) is 0 Å². The molecule has 2 fully saturated rings. The number of nitrogens with one attached hydrogen (secondary N) is 1. The Hall–Kier alpha value is -2.85. The van der Waals surface area contributed by atoms with Crippen LogP contribution < -0.4 is 5.32 Å². The van der Waals surface area contributed by atoms with E-state index in [0.29, 0.717) is 63.3 Å². The van der Waals surface area contributed by atoms with Crippen molar-refractivity contribution in [3.8, 4) is 0 Å². The van der Waals surface area contributed by atoms with E-state index in [0.717, 1.165) is 5.56 Å². The zero-order valence-electron chi connectivity index (χ0n) is 19.3.